The number of unbranched alkanes of at least 4 members (excludes halogenated alkanes) is 25. The lowest BCUT2D eigenvalue weighted by molar-refractivity contribution is -0.123. The molecule has 0 saturated heterocycles. The van der Waals surface area contributed by atoms with Gasteiger partial charge in [-0.15, -0.1) is 0 Å². The fourth-order valence-corrected chi connectivity index (χ4v) is 5.59. The molecular formula is C35H71NO3. The number of amides is 1. The van der Waals surface area contributed by atoms with Gasteiger partial charge in [0.1, 0.15) is 0 Å². The van der Waals surface area contributed by atoms with E-state index in [9.17, 15) is 15.0 Å². The molecule has 2 unspecified atom stereocenters. The average Bonchev–Trinajstić information content (AvgIpc) is 2.94. The maximum Gasteiger partial charge on any atom is 0.220 e. The molecule has 0 aromatic carbocycles. The number of aliphatic hydroxyl groups excluding tert-OH is 2. The molecule has 0 spiro atoms. The van der Waals surface area contributed by atoms with Crippen LogP contribution < -0.4 is 5.32 Å². The van der Waals surface area contributed by atoms with E-state index < -0.39 is 12.1 Å². The van der Waals surface area contributed by atoms with Crippen LogP contribution in [0.1, 0.15) is 200 Å². The number of carbonyl (C=O) groups is 1. The summed E-state index contributed by atoms with van der Waals surface area (Å²) in [5, 5.41) is 22.9. The summed E-state index contributed by atoms with van der Waals surface area (Å²) in [4.78, 5) is 12.2. The first-order valence-electron chi connectivity index (χ1n) is 17.7. The molecule has 2 atom stereocenters. The molecular weight excluding hydrogens is 482 g/mol. The third kappa shape index (κ3) is 28.7. The van der Waals surface area contributed by atoms with Gasteiger partial charge in [-0.05, 0) is 12.8 Å². The number of carbonyl (C=O) groups excluding carboxylic acids is 1. The Kier molecular flexibility index (Phi) is 31.4. The van der Waals surface area contributed by atoms with E-state index in [4.69, 9.17) is 0 Å². The van der Waals surface area contributed by atoms with Crippen molar-refractivity contribution >= 4 is 5.91 Å². The van der Waals surface area contributed by atoms with E-state index in [2.05, 4.69) is 19.2 Å². The highest BCUT2D eigenvalue weighted by Gasteiger charge is 2.19. The van der Waals surface area contributed by atoms with Gasteiger partial charge < -0.3 is 15.5 Å². The molecule has 0 aliphatic rings. The molecule has 0 saturated carbocycles. The topological polar surface area (TPSA) is 69.6 Å². The first-order valence-corrected chi connectivity index (χ1v) is 17.7. The summed E-state index contributed by atoms with van der Waals surface area (Å²) >= 11 is 0. The molecule has 0 aromatic rings. The van der Waals surface area contributed by atoms with Gasteiger partial charge in [-0.1, -0.05) is 181 Å². The summed E-state index contributed by atoms with van der Waals surface area (Å²) in [5.74, 6) is -0.0369. The van der Waals surface area contributed by atoms with Crippen LogP contribution in [0.4, 0.5) is 0 Å². The Morgan fingerprint density at radius 1 is 0.513 bits per heavy atom. The Labute approximate surface area is 244 Å². The summed E-state index contributed by atoms with van der Waals surface area (Å²) in [6.45, 7) is 4.32. The van der Waals surface area contributed by atoms with Gasteiger partial charge in [0.05, 0.1) is 18.8 Å². The molecule has 1 amide bonds. The molecule has 0 aliphatic heterocycles. The first kappa shape index (κ1) is 38.4. The number of hydrogen-bond donors (Lipinski definition) is 3. The highest BCUT2D eigenvalue weighted by molar-refractivity contribution is 5.76. The second-order valence-corrected chi connectivity index (χ2v) is 12.3. The lowest BCUT2D eigenvalue weighted by Crippen LogP contribution is -2.45. The van der Waals surface area contributed by atoms with Crippen molar-refractivity contribution in [2.75, 3.05) is 6.61 Å². The van der Waals surface area contributed by atoms with Crippen LogP contribution in [0.3, 0.4) is 0 Å². The van der Waals surface area contributed by atoms with Crippen molar-refractivity contribution < 1.29 is 15.0 Å². The summed E-state index contributed by atoms with van der Waals surface area (Å²) in [7, 11) is 0. The number of nitrogens with one attached hydrogen (secondary N) is 1. The van der Waals surface area contributed by atoms with Gasteiger partial charge in [-0.2, -0.15) is 0 Å². The summed E-state index contributed by atoms with van der Waals surface area (Å²) in [6, 6.07) is -0.526. The summed E-state index contributed by atoms with van der Waals surface area (Å²) < 4.78 is 0. The van der Waals surface area contributed by atoms with E-state index in [1.54, 1.807) is 0 Å². The normalized spacial score (nSPS) is 13.0. The fraction of sp³-hybridized carbons (Fsp3) is 0.971. The molecule has 0 rings (SSSR count). The monoisotopic (exact) mass is 554 g/mol. The summed E-state index contributed by atoms with van der Waals surface area (Å²) in [5.41, 5.74) is 0. The minimum absolute atomic E-state index is 0.0369. The van der Waals surface area contributed by atoms with Crippen LogP contribution in [0.25, 0.3) is 0 Å². The molecule has 0 fully saturated rings. The fourth-order valence-electron chi connectivity index (χ4n) is 5.59. The molecule has 0 bridgehead atoms. The van der Waals surface area contributed by atoms with Crippen molar-refractivity contribution in [1.29, 1.82) is 0 Å². The Hall–Kier alpha value is -0.610. The lowest BCUT2D eigenvalue weighted by Gasteiger charge is -2.22. The predicted octanol–water partition coefficient (Wildman–Crippen LogP) is 10.2. The summed E-state index contributed by atoms with van der Waals surface area (Å²) in [6.07, 6.45) is 36.0. The van der Waals surface area contributed by atoms with Crippen LogP contribution in [0.15, 0.2) is 0 Å². The third-order valence-electron chi connectivity index (χ3n) is 8.37. The van der Waals surface area contributed by atoms with Crippen LogP contribution in [0.2, 0.25) is 0 Å². The van der Waals surface area contributed by atoms with Crippen molar-refractivity contribution in [3.8, 4) is 0 Å². The van der Waals surface area contributed by atoms with E-state index in [1.807, 2.05) is 0 Å². The zero-order valence-corrected chi connectivity index (χ0v) is 26.7. The zero-order chi connectivity index (χ0) is 28.7. The molecule has 0 aromatic heterocycles. The van der Waals surface area contributed by atoms with E-state index in [1.165, 1.54) is 148 Å². The van der Waals surface area contributed by atoms with Crippen LogP contribution in [-0.4, -0.2) is 34.9 Å². The second kappa shape index (κ2) is 31.9. The predicted molar refractivity (Wildman–Crippen MR) is 170 cm³/mol. The van der Waals surface area contributed by atoms with E-state index in [-0.39, 0.29) is 12.5 Å². The van der Waals surface area contributed by atoms with E-state index in [0.29, 0.717) is 12.8 Å². The largest absolute Gasteiger partial charge is 0.394 e. The highest BCUT2D eigenvalue weighted by Crippen LogP contribution is 2.16. The standard InChI is InChI=1S/C35H71NO3/c1-3-5-7-9-11-12-13-14-15-16-17-18-19-20-21-22-23-25-26-28-30-34(38)33(32-37)36-35(39)31-29-27-24-10-8-6-4-2/h33-34,37-38H,3-32H2,1-2H3,(H,36,39). The van der Waals surface area contributed by atoms with Gasteiger partial charge in [-0.3, -0.25) is 4.79 Å². The van der Waals surface area contributed by atoms with Gasteiger partial charge in [0.25, 0.3) is 0 Å². The zero-order valence-electron chi connectivity index (χ0n) is 26.7. The Bertz CT molecular complexity index is 485. The van der Waals surface area contributed by atoms with Crippen molar-refractivity contribution in [3.05, 3.63) is 0 Å². The van der Waals surface area contributed by atoms with Crippen LogP contribution in [-0.2, 0) is 4.79 Å². The smallest absolute Gasteiger partial charge is 0.220 e. The van der Waals surface area contributed by atoms with Crippen molar-refractivity contribution in [1.82, 2.24) is 5.32 Å². The third-order valence-corrected chi connectivity index (χ3v) is 8.37. The minimum Gasteiger partial charge on any atom is -0.394 e. The van der Waals surface area contributed by atoms with Gasteiger partial charge in [0.2, 0.25) is 5.91 Å². The van der Waals surface area contributed by atoms with E-state index in [0.717, 1.165) is 25.7 Å². The highest BCUT2D eigenvalue weighted by atomic mass is 16.3. The number of hydrogen-bond acceptors (Lipinski definition) is 3. The van der Waals surface area contributed by atoms with Crippen LogP contribution >= 0.6 is 0 Å². The maximum atomic E-state index is 12.2. The van der Waals surface area contributed by atoms with Crippen LogP contribution in [0.5, 0.6) is 0 Å². The molecule has 234 valence electrons. The van der Waals surface area contributed by atoms with Crippen molar-refractivity contribution in [3.63, 3.8) is 0 Å². The van der Waals surface area contributed by atoms with Gasteiger partial charge in [0.15, 0.2) is 0 Å². The van der Waals surface area contributed by atoms with Crippen LogP contribution in [0, 0.1) is 0 Å². The average molecular weight is 554 g/mol. The molecule has 3 N–H and O–H groups in total. The maximum absolute atomic E-state index is 12.2. The minimum atomic E-state index is -0.649. The molecule has 4 nitrogen and oxygen atoms in total. The number of aliphatic hydroxyl groups is 2. The van der Waals surface area contributed by atoms with Gasteiger partial charge in [0, 0.05) is 6.42 Å². The Morgan fingerprint density at radius 2 is 0.821 bits per heavy atom. The molecule has 0 aliphatic carbocycles. The second-order valence-electron chi connectivity index (χ2n) is 12.3. The molecule has 39 heavy (non-hydrogen) atoms. The SMILES string of the molecule is CCCCCCCCCCCCCCCCCCCCCCC(O)C(CO)NC(=O)CCCCCCCCC. The van der Waals surface area contributed by atoms with Gasteiger partial charge >= 0.3 is 0 Å². The van der Waals surface area contributed by atoms with Crippen molar-refractivity contribution in [2.24, 2.45) is 0 Å². The van der Waals surface area contributed by atoms with Gasteiger partial charge in [-0.25, -0.2) is 0 Å². The molecule has 4 heteroatoms. The Morgan fingerprint density at radius 3 is 1.15 bits per heavy atom. The number of rotatable bonds is 32. The molecule has 0 radical (unpaired) electrons. The quantitative estimate of drug-likeness (QED) is 0.0726. The molecule has 0 heterocycles. The van der Waals surface area contributed by atoms with Crippen molar-refractivity contribution in [2.45, 2.75) is 212 Å². The lowest BCUT2D eigenvalue weighted by atomic mass is 10.0. The van der Waals surface area contributed by atoms with E-state index >= 15 is 0 Å². The first-order chi connectivity index (χ1) is 19.2. The Balaban J connectivity index is 3.45.